The molecule has 0 aliphatic carbocycles. The molecule has 0 bridgehead atoms. The molecule has 2 heterocycles. The number of benzene rings is 3. The highest BCUT2D eigenvalue weighted by Crippen LogP contribution is 2.44. The Bertz CT molecular complexity index is 1220. The molecule has 5 rings (SSSR count). The molecule has 1 N–H and O–H groups in total. The summed E-state index contributed by atoms with van der Waals surface area (Å²) in [4.78, 5) is 29.3. The predicted octanol–water partition coefficient (Wildman–Crippen LogP) is 4.61. The van der Waals surface area contributed by atoms with Crippen LogP contribution in [0.15, 0.2) is 72.8 Å². The van der Waals surface area contributed by atoms with E-state index in [0.717, 1.165) is 24.0 Å². The molecule has 1 fully saturated rings. The first-order chi connectivity index (χ1) is 17.5. The van der Waals surface area contributed by atoms with Crippen LogP contribution < -0.4 is 10.1 Å². The number of carbonyl (C=O) groups excluding carboxylic acids is 2. The summed E-state index contributed by atoms with van der Waals surface area (Å²) in [6.07, 6.45) is 1.91. The van der Waals surface area contributed by atoms with E-state index in [1.807, 2.05) is 42.5 Å². The Hall–Kier alpha value is -3.71. The van der Waals surface area contributed by atoms with Gasteiger partial charge < -0.3 is 19.7 Å². The molecule has 0 spiro atoms. The van der Waals surface area contributed by atoms with Gasteiger partial charge in [0.2, 0.25) is 5.91 Å². The molecule has 3 aromatic rings. The average molecular weight is 489 g/mol. The summed E-state index contributed by atoms with van der Waals surface area (Å²) in [6, 6.07) is 20.3. The van der Waals surface area contributed by atoms with Gasteiger partial charge in [0.05, 0.1) is 25.2 Å². The standard InChI is InChI=1S/C29H29FN2O4/c1-35-22-14-10-20(11-15-22)27-26(28(33)31-17-23-5-4-16-36-23)24-6-2-3-7-25(24)29(34)32(27)18-19-8-12-21(30)13-9-19/h2-3,6-15,23,26-27H,4-5,16-18H2,1H3,(H,31,33)/t23-,26+,27+/m0/s1. The third-order valence-electron chi connectivity index (χ3n) is 6.97. The smallest absolute Gasteiger partial charge is 0.255 e. The minimum absolute atomic E-state index is 0.00386. The first kappa shape index (κ1) is 24.0. The molecule has 3 aromatic carbocycles. The molecule has 2 aliphatic rings. The van der Waals surface area contributed by atoms with Crippen LogP contribution in [-0.4, -0.2) is 43.1 Å². The second-order valence-electron chi connectivity index (χ2n) is 9.22. The molecule has 1 saturated heterocycles. The number of amides is 2. The van der Waals surface area contributed by atoms with E-state index in [0.29, 0.717) is 30.0 Å². The maximum atomic E-state index is 13.8. The van der Waals surface area contributed by atoms with Gasteiger partial charge in [-0.2, -0.15) is 0 Å². The highest BCUT2D eigenvalue weighted by atomic mass is 19.1. The molecule has 186 valence electrons. The summed E-state index contributed by atoms with van der Waals surface area (Å²) < 4.78 is 24.6. The Morgan fingerprint density at radius 1 is 1.08 bits per heavy atom. The van der Waals surface area contributed by atoms with Crippen molar-refractivity contribution >= 4 is 11.8 Å². The van der Waals surface area contributed by atoms with Crippen LogP contribution in [0.25, 0.3) is 0 Å². The zero-order valence-electron chi connectivity index (χ0n) is 20.2. The monoisotopic (exact) mass is 488 g/mol. The molecule has 0 unspecified atom stereocenters. The summed E-state index contributed by atoms with van der Waals surface area (Å²) in [6.45, 7) is 1.37. The number of methoxy groups -OCH3 is 1. The van der Waals surface area contributed by atoms with Crippen molar-refractivity contribution in [1.82, 2.24) is 10.2 Å². The molecule has 0 saturated carbocycles. The molecular weight excluding hydrogens is 459 g/mol. The molecule has 6 nitrogen and oxygen atoms in total. The minimum atomic E-state index is -0.630. The topological polar surface area (TPSA) is 67.9 Å². The van der Waals surface area contributed by atoms with Gasteiger partial charge in [0, 0.05) is 25.3 Å². The third-order valence-corrected chi connectivity index (χ3v) is 6.97. The average Bonchev–Trinajstić information content (AvgIpc) is 3.44. The first-order valence-electron chi connectivity index (χ1n) is 12.2. The fraction of sp³-hybridized carbons (Fsp3) is 0.310. The van der Waals surface area contributed by atoms with Gasteiger partial charge in [-0.1, -0.05) is 42.5 Å². The van der Waals surface area contributed by atoms with E-state index in [1.165, 1.54) is 12.1 Å². The van der Waals surface area contributed by atoms with Crippen LogP contribution in [0.4, 0.5) is 4.39 Å². The molecule has 36 heavy (non-hydrogen) atoms. The van der Waals surface area contributed by atoms with Crippen LogP contribution in [-0.2, 0) is 16.1 Å². The Morgan fingerprint density at radius 2 is 1.83 bits per heavy atom. The van der Waals surface area contributed by atoms with Crippen molar-refractivity contribution in [2.75, 3.05) is 20.3 Å². The van der Waals surface area contributed by atoms with E-state index >= 15 is 0 Å². The lowest BCUT2D eigenvalue weighted by molar-refractivity contribution is -0.124. The molecule has 2 aliphatic heterocycles. The second kappa shape index (κ2) is 10.5. The fourth-order valence-corrected chi connectivity index (χ4v) is 5.14. The van der Waals surface area contributed by atoms with Gasteiger partial charge in [-0.3, -0.25) is 9.59 Å². The number of carbonyl (C=O) groups is 2. The highest BCUT2D eigenvalue weighted by Gasteiger charge is 2.44. The quantitative estimate of drug-likeness (QED) is 0.528. The molecule has 2 amide bonds. The second-order valence-corrected chi connectivity index (χ2v) is 9.22. The van der Waals surface area contributed by atoms with Crippen molar-refractivity contribution in [3.8, 4) is 5.75 Å². The normalized spacial score (nSPS) is 21.2. The number of nitrogens with one attached hydrogen (secondary N) is 1. The summed E-state index contributed by atoms with van der Waals surface area (Å²) in [7, 11) is 1.59. The Morgan fingerprint density at radius 3 is 2.53 bits per heavy atom. The summed E-state index contributed by atoms with van der Waals surface area (Å²) in [5.41, 5.74) is 2.80. The zero-order valence-corrected chi connectivity index (χ0v) is 20.2. The molecule has 0 aromatic heterocycles. The van der Waals surface area contributed by atoms with Crippen molar-refractivity contribution < 1.29 is 23.5 Å². The van der Waals surface area contributed by atoms with Gasteiger partial charge in [-0.05, 0) is 59.9 Å². The Labute approximate surface area is 210 Å². The number of halogens is 1. The molecular formula is C29H29FN2O4. The summed E-state index contributed by atoms with van der Waals surface area (Å²) >= 11 is 0. The zero-order chi connectivity index (χ0) is 25.1. The fourth-order valence-electron chi connectivity index (χ4n) is 5.14. The third kappa shape index (κ3) is 4.84. The first-order valence-corrected chi connectivity index (χ1v) is 12.2. The van der Waals surface area contributed by atoms with Crippen LogP contribution in [0.3, 0.4) is 0 Å². The maximum absolute atomic E-state index is 13.8. The van der Waals surface area contributed by atoms with Crippen molar-refractivity contribution in [2.24, 2.45) is 0 Å². The van der Waals surface area contributed by atoms with Gasteiger partial charge in [-0.25, -0.2) is 4.39 Å². The highest BCUT2D eigenvalue weighted by molar-refractivity contribution is 6.01. The molecule has 7 heteroatoms. The van der Waals surface area contributed by atoms with E-state index in [1.54, 1.807) is 30.2 Å². The lowest BCUT2D eigenvalue weighted by Gasteiger charge is -2.42. The van der Waals surface area contributed by atoms with Gasteiger partial charge in [0.1, 0.15) is 11.6 Å². The number of ether oxygens (including phenoxy) is 2. The lowest BCUT2D eigenvalue weighted by Crippen LogP contribution is -2.48. The van der Waals surface area contributed by atoms with Crippen LogP contribution >= 0.6 is 0 Å². The van der Waals surface area contributed by atoms with E-state index in [4.69, 9.17) is 9.47 Å². The van der Waals surface area contributed by atoms with E-state index in [2.05, 4.69) is 5.32 Å². The van der Waals surface area contributed by atoms with Gasteiger partial charge in [0.25, 0.3) is 5.91 Å². The number of rotatable bonds is 7. The van der Waals surface area contributed by atoms with Crippen LogP contribution in [0.2, 0.25) is 0 Å². The minimum Gasteiger partial charge on any atom is -0.497 e. The van der Waals surface area contributed by atoms with Gasteiger partial charge in [-0.15, -0.1) is 0 Å². The predicted molar refractivity (Wildman–Crippen MR) is 133 cm³/mol. The molecule has 3 atom stereocenters. The van der Waals surface area contributed by atoms with Crippen LogP contribution in [0.5, 0.6) is 5.75 Å². The number of hydrogen-bond acceptors (Lipinski definition) is 4. The number of fused-ring (bicyclic) bond motifs is 1. The largest absolute Gasteiger partial charge is 0.497 e. The summed E-state index contributed by atoms with van der Waals surface area (Å²) in [5, 5.41) is 3.09. The van der Waals surface area contributed by atoms with Crippen molar-refractivity contribution in [3.05, 3.63) is 101 Å². The van der Waals surface area contributed by atoms with Crippen LogP contribution in [0, 0.1) is 5.82 Å². The number of hydrogen-bond donors (Lipinski definition) is 1. The number of nitrogens with zero attached hydrogens (tertiary/aromatic N) is 1. The SMILES string of the molecule is COc1ccc([C@@H]2[C@H](C(=O)NC[C@@H]3CCCO3)c3ccccc3C(=O)N2Cc2ccc(F)cc2)cc1. The Kier molecular flexibility index (Phi) is 7.00. The van der Waals surface area contributed by atoms with Gasteiger partial charge >= 0.3 is 0 Å². The van der Waals surface area contributed by atoms with Crippen molar-refractivity contribution in [2.45, 2.75) is 37.5 Å². The Balaban J connectivity index is 1.57. The summed E-state index contributed by atoms with van der Waals surface area (Å²) in [5.74, 6) is -0.610. The van der Waals surface area contributed by atoms with Crippen molar-refractivity contribution in [1.29, 1.82) is 0 Å². The molecule has 0 radical (unpaired) electrons. The van der Waals surface area contributed by atoms with Crippen molar-refractivity contribution in [3.63, 3.8) is 0 Å². The van der Waals surface area contributed by atoms with Crippen LogP contribution in [0.1, 0.15) is 51.8 Å². The van der Waals surface area contributed by atoms with E-state index in [9.17, 15) is 14.0 Å². The van der Waals surface area contributed by atoms with E-state index in [-0.39, 0.29) is 30.3 Å². The lowest BCUT2D eigenvalue weighted by atomic mass is 9.79. The maximum Gasteiger partial charge on any atom is 0.255 e. The van der Waals surface area contributed by atoms with Gasteiger partial charge in [0.15, 0.2) is 0 Å². The van der Waals surface area contributed by atoms with E-state index < -0.39 is 12.0 Å².